The van der Waals surface area contributed by atoms with Crippen molar-refractivity contribution in [1.82, 2.24) is 10.3 Å². The molecule has 5 heteroatoms. The van der Waals surface area contributed by atoms with Gasteiger partial charge in [0.2, 0.25) is 0 Å². The molecule has 0 bridgehead atoms. The van der Waals surface area contributed by atoms with Gasteiger partial charge in [0, 0.05) is 23.6 Å². The number of benzene rings is 2. The third-order valence-electron chi connectivity index (χ3n) is 3.07. The second kappa shape index (κ2) is 6.24. The number of para-hydroxylation sites is 1. The molecule has 3 rings (SSSR count). The predicted molar refractivity (Wildman–Crippen MR) is 87.1 cm³/mol. The van der Waals surface area contributed by atoms with Gasteiger partial charge in [0.1, 0.15) is 0 Å². The van der Waals surface area contributed by atoms with E-state index in [2.05, 4.69) is 16.4 Å². The van der Waals surface area contributed by atoms with E-state index >= 15 is 0 Å². The van der Waals surface area contributed by atoms with Crippen molar-refractivity contribution in [2.24, 2.45) is 0 Å². The maximum Gasteiger partial charge on any atom is 0.251 e. The van der Waals surface area contributed by atoms with Gasteiger partial charge in [-0.05, 0) is 36.4 Å². The van der Waals surface area contributed by atoms with Gasteiger partial charge < -0.3 is 5.32 Å². The summed E-state index contributed by atoms with van der Waals surface area (Å²) in [5.41, 5.74) is 1.63. The molecule has 1 heterocycles. The zero-order valence-corrected chi connectivity index (χ0v) is 12.7. The minimum atomic E-state index is -0.0900. The van der Waals surface area contributed by atoms with Gasteiger partial charge >= 0.3 is 0 Å². The predicted octanol–water partition coefficient (Wildman–Crippen LogP) is 3.92. The van der Waals surface area contributed by atoms with Crippen molar-refractivity contribution in [2.45, 2.75) is 6.42 Å². The molecular formula is C16H13ClN2OS. The molecule has 1 aromatic heterocycles. The Balaban J connectivity index is 1.58. The molecule has 1 N–H and O–H groups in total. The average molecular weight is 317 g/mol. The first-order valence-electron chi connectivity index (χ1n) is 6.60. The maximum atomic E-state index is 11.9. The van der Waals surface area contributed by atoms with E-state index < -0.39 is 0 Å². The lowest BCUT2D eigenvalue weighted by Gasteiger charge is -2.03. The third kappa shape index (κ3) is 3.40. The molecule has 0 saturated carbocycles. The highest BCUT2D eigenvalue weighted by atomic mass is 35.5. The van der Waals surface area contributed by atoms with Crippen molar-refractivity contribution in [3.05, 3.63) is 64.1 Å². The summed E-state index contributed by atoms with van der Waals surface area (Å²) in [5, 5.41) is 4.56. The van der Waals surface area contributed by atoms with E-state index in [1.165, 1.54) is 4.70 Å². The number of fused-ring (bicyclic) bond motifs is 1. The van der Waals surface area contributed by atoms with Crippen LogP contribution in [0.5, 0.6) is 0 Å². The normalized spacial score (nSPS) is 10.7. The number of halogens is 1. The first kappa shape index (κ1) is 14.0. The van der Waals surface area contributed by atoms with E-state index in [0.29, 0.717) is 17.1 Å². The summed E-state index contributed by atoms with van der Waals surface area (Å²) >= 11 is 7.47. The minimum Gasteiger partial charge on any atom is -0.352 e. The highest BCUT2D eigenvalue weighted by Gasteiger charge is 2.06. The van der Waals surface area contributed by atoms with Crippen molar-refractivity contribution in [3.8, 4) is 0 Å². The lowest BCUT2D eigenvalue weighted by molar-refractivity contribution is 0.0954. The van der Waals surface area contributed by atoms with Gasteiger partial charge in [-0.1, -0.05) is 23.7 Å². The van der Waals surface area contributed by atoms with E-state index in [1.54, 1.807) is 35.6 Å². The number of rotatable bonds is 4. The highest BCUT2D eigenvalue weighted by Crippen LogP contribution is 2.21. The molecule has 0 unspecified atom stereocenters. The minimum absolute atomic E-state index is 0.0900. The first-order chi connectivity index (χ1) is 10.2. The molecule has 3 aromatic rings. The number of nitrogens with zero attached hydrogens (tertiary/aromatic N) is 1. The average Bonchev–Trinajstić information content (AvgIpc) is 2.90. The maximum absolute atomic E-state index is 11.9. The number of hydrogen-bond donors (Lipinski definition) is 1. The second-order valence-corrected chi connectivity index (χ2v) is 6.14. The van der Waals surface area contributed by atoms with Crippen molar-refractivity contribution in [2.75, 3.05) is 6.54 Å². The number of carbonyl (C=O) groups is 1. The molecule has 0 atom stereocenters. The molecule has 0 fully saturated rings. The fourth-order valence-electron chi connectivity index (χ4n) is 2.01. The summed E-state index contributed by atoms with van der Waals surface area (Å²) in [6.45, 7) is 0.571. The molecule has 0 aliphatic heterocycles. The van der Waals surface area contributed by atoms with Crippen molar-refractivity contribution < 1.29 is 4.79 Å². The molecule has 0 spiro atoms. The third-order valence-corrected chi connectivity index (χ3v) is 4.42. The van der Waals surface area contributed by atoms with Crippen LogP contribution in [0.2, 0.25) is 5.02 Å². The van der Waals surface area contributed by atoms with Gasteiger partial charge in [-0.2, -0.15) is 0 Å². The summed E-state index contributed by atoms with van der Waals surface area (Å²) in [5.74, 6) is -0.0900. The van der Waals surface area contributed by atoms with Crippen LogP contribution in [-0.2, 0) is 6.42 Å². The van der Waals surface area contributed by atoms with E-state index in [1.807, 2.05) is 18.2 Å². The number of carbonyl (C=O) groups excluding carboxylic acids is 1. The van der Waals surface area contributed by atoms with Gasteiger partial charge in [-0.25, -0.2) is 4.98 Å². The number of aromatic nitrogens is 1. The molecule has 0 radical (unpaired) electrons. The Morgan fingerprint density at radius 1 is 1.14 bits per heavy atom. The first-order valence-corrected chi connectivity index (χ1v) is 7.80. The summed E-state index contributed by atoms with van der Waals surface area (Å²) in [6, 6.07) is 14.9. The number of amides is 1. The molecule has 3 nitrogen and oxygen atoms in total. The Labute approximate surface area is 131 Å². The van der Waals surface area contributed by atoms with Crippen LogP contribution in [0.4, 0.5) is 0 Å². The molecule has 21 heavy (non-hydrogen) atoms. The Morgan fingerprint density at radius 3 is 2.67 bits per heavy atom. The van der Waals surface area contributed by atoms with Gasteiger partial charge in [0.15, 0.2) is 0 Å². The van der Waals surface area contributed by atoms with Crippen LogP contribution in [0.25, 0.3) is 10.2 Å². The SMILES string of the molecule is O=C(NCCc1nc2ccccc2s1)c1ccc(Cl)cc1. The lowest BCUT2D eigenvalue weighted by Crippen LogP contribution is -2.25. The van der Waals surface area contributed by atoms with Crippen molar-refractivity contribution in [1.29, 1.82) is 0 Å². The van der Waals surface area contributed by atoms with Gasteiger partial charge in [-0.15, -0.1) is 11.3 Å². The van der Waals surface area contributed by atoms with Crippen LogP contribution in [0.3, 0.4) is 0 Å². The molecule has 0 aliphatic carbocycles. The van der Waals surface area contributed by atoms with Crippen LogP contribution in [0, 0.1) is 0 Å². The van der Waals surface area contributed by atoms with Crippen molar-refractivity contribution >= 4 is 39.1 Å². The lowest BCUT2D eigenvalue weighted by atomic mass is 10.2. The Morgan fingerprint density at radius 2 is 1.90 bits per heavy atom. The smallest absolute Gasteiger partial charge is 0.251 e. The van der Waals surface area contributed by atoms with Crippen LogP contribution in [0.15, 0.2) is 48.5 Å². The molecule has 106 valence electrons. The van der Waals surface area contributed by atoms with Gasteiger partial charge in [0.25, 0.3) is 5.91 Å². The summed E-state index contributed by atoms with van der Waals surface area (Å²) in [4.78, 5) is 16.5. The standard InChI is InChI=1S/C16H13ClN2OS/c17-12-7-5-11(6-8-12)16(20)18-10-9-15-19-13-3-1-2-4-14(13)21-15/h1-8H,9-10H2,(H,18,20). The fourth-order valence-corrected chi connectivity index (χ4v) is 3.11. The van der Waals surface area contributed by atoms with Crippen molar-refractivity contribution in [3.63, 3.8) is 0 Å². The zero-order valence-electron chi connectivity index (χ0n) is 11.2. The topological polar surface area (TPSA) is 42.0 Å². The number of nitrogens with one attached hydrogen (secondary N) is 1. The van der Waals surface area contributed by atoms with Crippen LogP contribution < -0.4 is 5.32 Å². The molecule has 1 amide bonds. The van der Waals surface area contributed by atoms with E-state index in [-0.39, 0.29) is 5.91 Å². The summed E-state index contributed by atoms with van der Waals surface area (Å²) < 4.78 is 1.18. The van der Waals surface area contributed by atoms with E-state index in [4.69, 9.17) is 11.6 Å². The fraction of sp³-hybridized carbons (Fsp3) is 0.125. The Hall–Kier alpha value is -1.91. The van der Waals surface area contributed by atoms with Gasteiger partial charge in [-0.3, -0.25) is 4.79 Å². The van der Waals surface area contributed by atoms with E-state index in [0.717, 1.165) is 16.9 Å². The van der Waals surface area contributed by atoms with Gasteiger partial charge in [0.05, 0.1) is 15.2 Å². The Bertz CT molecular complexity index is 734. The quantitative estimate of drug-likeness (QED) is 0.792. The summed E-state index contributed by atoms with van der Waals surface area (Å²) in [7, 11) is 0. The van der Waals surface area contributed by atoms with Crippen LogP contribution in [0.1, 0.15) is 15.4 Å². The van der Waals surface area contributed by atoms with Crippen LogP contribution >= 0.6 is 22.9 Å². The molecule has 2 aromatic carbocycles. The highest BCUT2D eigenvalue weighted by molar-refractivity contribution is 7.18. The van der Waals surface area contributed by atoms with E-state index in [9.17, 15) is 4.79 Å². The second-order valence-electron chi connectivity index (χ2n) is 4.59. The van der Waals surface area contributed by atoms with Crippen LogP contribution in [-0.4, -0.2) is 17.4 Å². The Kier molecular flexibility index (Phi) is 4.18. The zero-order chi connectivity index (χ0) is 14.7. The number of hydrogen-bond acceptors (Lipinski definition) is 3. The molecule has 0 aliphatic rings. The molecular weight excluding hydrogens is 304 g/mol. The molecule has 0 saturated heterocycles. The monoisotopic (exact) mass is 316 g/mol. The largest absolute Gasteiger partial charge is 0.352 e. The number of thiazole rings is 1. The summed E-state index contributed by atoms with van der Waals surface area (Å²) in [6.07, 6.45) is 0.735.